The Hall–Kier alpha value is -3.81. The van der Waals surface area contributed by atoms with Crippen LogP contribution in [0, 0.1) is 0 Å². The lowest BCUT2D eigenvalue weighted by molar-refractivity contribution is 0.0197. The fraction of sp³-hybridized carbons (Fsp3) is 0.172. The fourth-order valence-electron chi connectivity index (χ4n) is 3.90. The van der Waals surface area contributed by atoms with E-state index in [-0.39, 0.29) is 35.2 Å². The van der Waals surface area contributed by atoms with Crippen LogP contribution in [0.25, 0.3) is 0 Å². The van der Waals surface area contributed by atoms with Crippen molar-refractivity contribution >= 4 is 11.8 Å². The molecule has 1 aliphatic rings. The summed E-state index contributed by atoms with van der Waals surface area (Å²) in [5, 5.41) is 48.3. The Bertz CT molecular complexity index is 1240. The van der Waals surface area contributed by atoms with Gasteiger partial charge in [0.25, 0.3) is 0 Å². The average Bonchev–Trinajstić information content (AvgIpc) is 2.88. The average molecular weight is 505 g/mol. The van der Waals surface area contributed by atoms with E-state index >= 15 is 0 Å². The Labute approximate surface area is 214 Å². The molecule has 0 aromatic heterocycles. The molecular weight excluding hydrogens is 476 g/mol. The summed E-state index contributed by atoms with van der Waals surface area (Å²) in [6.07, 6.45) is -1.56. The number of thioether (sulfide) groups is 1. The molecule has 0 radical (unpaired) electrons. The quantitative estimate of drug-likeness (QED) is 0.223. The normalized spacial score (nSPS) is 16.2. The van der Waals surface area contributed by atoms with E-state index in [1.807, 2.05) is 11.8 Å². The van der Waals surface area contributed by atoms with E-state index in [4.69, 9.17) is 4.74 Å². The van der Waals surface area contributed by atoms with Gasteiger partial charge in [-0.15, -0.1) is 0 Å². The van der Waals surface area contributed by atoms with Crippen molar-refractivity contribution in [2.75, 3.05) is 0 Å². The van der Waals surface area contributed by atoms with Crippen molar-refractivity contribution in [3.8, 4) is 28.7 Å². The first-order valence-electron chi connectivity index (χ1n) is 11.5. The third-order valence-electron chi connectivity index (χ3n) is 5.74. The molecule has 0 aliphatic carbocycles. The van der Waals surface area contributed by atoms with Gasteiger partial charge in [-0.05, 0) is 28.8 Å². The number of aliphatic hydroxyl groups excluding tert-OH is 1. The van der Waals surface area contributed by atoms with Crippen LogP contribution < -0.4 is 4.74 Å². The Morgan fingerprint density at radius 1 is 0.694 bits per heavy atom. The van der Waals surface area contributed by atoms with E-state index in [2.05, 4.69) is 60.7 Å². The molecule has 0 spiro atoms. The lowest BCUT2D eigenvalue weighted by Gasteiger charge is -2.31. The van der Waals surface area contributed by atoms with Crippen LogP contribution in [-0.2, 0) is 17.9 Å². The van der Waals surface area contributed by atoms with E-state index < -0.39 is 12.2 Å². The second-order valence-electron chi connectivity index (χ2n) is 8.46. The van der Waals surface area contributed by atoms with Gasteiger partial charge in [0.1, 0.15) is 23.4 Å². The zero-order chi connectivity index (χ0) is 25.5. The lowest BCUT2D eigenvalue weighted by Crippen LogP contribution is -2.30. The molecule has 6 nitrogen and oxygen atoms in total. The molecule has 0 saturated heterocycles. The van der Waals surface area contributed by atoms with Gasteiger partial charge in [0.15, 0.2) is 11.5 Å². The molecule has 4 aromatic carbocycles. The molecule has 0 bridgehead atoms. The standard InChI is InChI=1S/C15H14O6.C14H14S/c16-8-4-11(18)9-6-13(20)15(21-14(9)5-8)7-1-2-10(17)12(19)3-7;1-3-7-13(8-4-1)11-15-12-14-9-5-2-6-10-14/h1-5,13,15-20H,6H2;1-10H,11-12H2/t13-,15+;/m0./s1. The SMILES string of the molecule is Oc1cc(O)c2c(c1)O[C@H](c1ccc(O)c(O)c1)[C@@H](O)C2.c1ccc(CSCc2ccccc2)cc1. The number of hydrogen-bond donors (Lipinski definition) is 5. The maximum atomic E-state index is 10.2. The fourth-order valence-corrected chi connectivity index (χ4v) is 4.86. The van der Waals surface area contributed by atoms with E-state index in [0.29, 0.717) is 11.1 Å². The van der Waals surface area contributed by atoms with Crippen molar-refractivity contribution in [2.45, 2.75) is 30.1 Å². The predicted molar refractivity (Wildman–Crippen MR) is 141 cm³/mol. The van der Waals surface area contributed by atoms with Crippen molar-refractivity contribution in [3.63, 3.8) is 0 Å². The van der Waals surface area contributed by atoms with Crippen LogP contribution in [0.1, 0.15) is 28.4 Å². The van der Waals surface area contributed by atoms with Crippen molar-refractivity contribution in [3.05, 3.63) is 113 Å². The number of aliphatic hydroxyl groups is 1. The van der Waals surface area contributed by atoms with Crippen LogP contribution in [0.3, 0.4) is 0 Å². The minimum absolute atomic E-state index is 0.143. The van der Waals surface area contributed by atoms with Crippen LogP contribution >= 0.6 is 11.8 Å². The number of hydrogen-bond acceptors (Lipinski definition) is 7. The van der Waals surface area contributed by atoms with E-state index in [9.17, 15) is 25.5 Å². The molecule has 4 aromatic rings. The first-order valence-corrected chi connectivity index (χ1v) is 12.6. The Morgan fingerprint density at radius 3 is 1.89 bits per heavy atom. The lowest BCUT2D eigenvalue weighted by atomic mass is 9.94. The van der Waals surface area contributed by atoms with E-state index in [1.54, 1.807) is 0 Å². The van der Waals surface area contributed by atoms with Crippen molar-refractivity contribution in [1.82, 2.24) is 0 Å². The topological polar surface area (TPSA) is 110 Å². The summed E-state index contributed by atoms with van der Waals surface area (Å²) < 4.78 is 5.62. The second-order valence-corrected chi connectivity index (χ2v) is 9.45. The third kappa shape index (κ3) is 6.44. The van der Waals surface area contributed by atoms with Crippen LogP contribution in [-0.4, -0.2) is 31.6 Å². The van der Waals surface area contributed by atoms with E-state index in [0.717, 1.165) is 11.5 Å². The van der Waals surface area contributed by atoms with Crippen molar-refractivity contribution in [2.24, 2.45) is 0 Å². The van der Waals surface area contributed by atoms with Crippen LogP contribution in [0.2, 0.25) is 0 Å². The molecule has 1 heterocycles. The number of fused-ring (bicyclic) bond motifs is 1. The number of ether oxygens (including phenoxy) is 1. The number of benzene rings is 4. The van der Waals surface area contributed by atoms with Gasteiger partial charge < -0.3 is 30.3 Å². The number of aromatic hydroxyl groups is 4. The number of phenolic OH excluding ortho intramolecular Hbond substituents is 4. The Morgan fingerprint density at radius 2 is 1.31 bits per heavy atom. The third-order valence-corrected chi connectivity index (χ3v) is 6.81. The molecule has 5 N–H and O–H groups in total. The highest BCUT2D eigenvalue weighted by atomic mass is 32.2. The molecule has 0 saturated carbocycles. The van der Waals surface area contributed by atoms with E-state index in [1.165, 1.54) is 41.5 Å². The summed E-state index contributed by atoms with van der Waals surface area (Å²) in [6, 6.07) is 27.9. The van der Waals surface area contributed by atoms with Gasteiger partial charge in [0, 0.05) is 35.6 Å². The Kier molecular flexibility index (Phi) is 8.25. The summed E-state index contributed by atoms with van der Waals surface area (Å²) >= 11 is 1.96. The second kappa shape index (κ2) is 11.7. The van der Waals surface area contributed by atoms with Gasteiger partial charge in [0.05, 0.1) is 6.10 Å². The monoisotopic (exact) mass is 504 g/mol. The van der Waals surface area contributed by atoms with Crippen molar-refractivity contribution < 1.29 is 30.3 Å². The van der Waals surface area contributed by atoms with Gasteiger partial charge in [-0.3, -0.25) is 0 Å². The van der Waals surface area contributed by atoms with Crippen molar-refractivity contribution in [1.29, 1.82) is 0 Å². The molecular formula is C29H28O6S. The Balaban J connectivity index is 0.000000179. The highest BCUT2D eigenvalue weighted by Crippen LogP contribution is 2.42. The van der Waals surface area contributed by atoms with Gasteiger partial charge >= 0.3 is 0 Å². The minimum atomic E-state index is -0.933. The summed E-state index contributed by atoms with van der Waals surface area (Å²) in [7, 11) is 0. The molecule has 7 heteroatoms. The van der Waals surface area contributed by atoms with Gasteiger partial charge in [0.2, 0.25) is 0 Å². The summed E-state index contributed by atoms with van der Waals surface area (Å²) in [6.45, 7) is 0. The molecule has 1 aliphatic heterocycles. The van der Waals surface area contributed by atoms with Crippen LogP contribution in [0.15, 0.2) is 91.0 Å². The molecule has 0 unspecified atom stereocenters. The summed E-state index contributed by atoms with van der Waals surface area (Å²) in [4.78, 5) is 0. The van der Waals surface area contributed by atoms with Gasteiger partial charge in [-0.2, -0.15) is 11.8 Å². The minimum Gasteiger partial charge on any atom is -0.508 e. The van der Waals surface area contributed by atoms with Crippen LogP contribution in [0.5, 0.6) is 28.7 Å². The number of phenols is 4. The smallest absolute Gasteiger partial charge is 0.157 e. The predicted octanol–water partition coefficient (Wildman–Crippen LogP) is 5.67. The molecule has 2 atom stereocenters. The number of rotatable bonds is 5. The maximum absolute atomic E-state index is 10.2. The highest BCUT2D eigenvalue weighted by Gasteiger charge is 2.32. The molecule has 0 amide bonds. The van der Waals surface area contributed by atoms with Crippen LogP contribution in [0.4, 0.5) is 0 Å². The van der Waals surface area contributed by atoms with Gasteiger partial charge in [-0.1, -0.05) is 66.7 Å². The molecule has 186 valence electrons. The molecule has 5 rings (SSSR count). The zero-order valence-corrected chi connectivity index (χ0v) is 20.3. The first-order chi connectivity index (χ1) is 17.4. The molecule has 36 heavy (non-hydrogen) atoms. The largest absolute Gasteiger partial charge is 0.508 e. The molecule has 0 fully saturated rings. The van der Waals surface area contributed by atoms with Gasteiger partial charge in [-0.25, -0.2) is 0 Å². The first kappa shape index (κ1) is 25.3. The summed E-state index contributed by atoms with van der Waals surface area (Å²) in [5.41, 5.74) is 3.70. The highest BCUT2D eigenvalue weighted by molar-refractivity contribution is 7.97. The maximum Gasteiger partial charge on any atom is 0.157 e. The summed E-state index contributed by atoms with van der Waals surface area (Å²) in [5.74, 6) is 1.60. The zero-order valence-electron chi connectivity index (χ0n) is 19.5.